The van der Waals surface area contributed by atoms with E-state index in [1.165, 1.54) is 0 Å². The minimum atomic E-state index is -0.745. The van der Waals surface area contributed by atoms with Gasteiger partial charge in [0.15, 0.2) is 6.61 Å². The summed E-state index contributed by atoms with van der Waals surface area (Å²) in [5, 5.41) is 15.3. The molecule has 24 heavy (non-hydrogen) atoms. The lowest BCUT2D eigenvalue weighted by molar-refractivity contribution is -0.196. The van der Waals surface area contributed by atoms with Gasteiger partial charge in [-0.2, -0.15) is 0 Å². The van der Waals surface area contributed by atoms with Gasteiger partial charge in [0.2, 0.25) is 0 Å². The van der Waals surface area contributed by atoms with Crippen molar-refractivity contribution in [1.82, 2.24) is 10.6 Å². The second-order valence-corrected chi connectivity index (χ2v) is 7.85. The van der Waals surface area contributed by atoms with Crippen molar-refractivity contribution in [2.45, 2.75) is 57.5 Å². The Hall–Kier alpha value is -1.63. The molecule has 4 rings (SSSR count). The zero-order valence-electron chi connectivity index (χ0n) is 14.1. The summed E-state index contributed by atoms with van der Waals surface area (Å²) in [6.45, 7) is 1.92. The van der Waals surface area contributed by atoms with E-state index in [1.54, 1.807) is 0 Å². The first-order valence-electron chi connectivity index (χ1n) is 8.81. The van der Waals surface area contributed by atoms with Gasteiger partial charge >= 0.3 is 12.0 Å². The first kappa shape index (κ1) is 17.2. The Morgan fingerprint density at radius 3 is 2.42 bits per heavy atom. The minimum absolute atomic E-state index is 0.373. The predicted octanol–water partition coefficient (Wildman–Crippen LogP) is 1.10. The molecule has 0 aliphatic heterocycles. The van der Waals surface area contributed by atoms with Gasteiger partial charge in [0, 0.05) is 6.54 Å². The molecule has 4 fully saturated rings. The summed E-state index contributed by atoms with van der Waals surface area (Å²) in [5.41, 5.74) is -1.39. The summed E-state index contributed by atoms with van der Waals surface area (Å²) in [4.78, 5) is 35.7. The van der Waals surface area contributed by atoms with E-state index in [4.69, 9.17) is 4.74 Å². The number of rotatable bonds is 5. The second-order valence-electron chi connectivity index (χ2n) is 7.85. The van der Waals surface area contributed by atoms with E-state index in [-0.39, 0.29) is 0 Å². The summed E-state index contributed by atoms with van der Waals surface area (Å²) in [6.07, 6.45) is 5.31. The summed E-state index contributed by atoms with van der Waals surface area (Å²) in [6, 6.07) is -0.581. The lowest BCUT2D eigenvalue weighted by atomic mass is 9.48. The van der Waals surface area contributed by atoms with Crippen molar-refractivity contribution in [3.8, 4) is 0 Å². The van der Waals surface area contributed by atoms with Gasteiger partial charge in [-0.15, -0.1) is 0 Å². The smallest absolute Gasteiger partial charge is 0.321 e. The monoisotopic (exact) mass is 338 g/mol. The standard InChI is InChI=1S/C17H26N2O5/c1-2-3-18-15(22)19-13(20)9-24-14(21)16-5-11-4-12(6-16)8-17(23,7-11)10-16/h11-12,23H,2-10H2,1H3,(H2,18,19,20,22)/t11-,12+,16?,17?. The van der Waals surface area contributed by atoms with E-state index in [1.807, 2.05) is 6.92 Å². The Kier molecular flexibility index (Phi) is 4.55. The van der Waals surface area contributed by atoms with Crippen LogP contribution in [-0.2, 0) is 14.3 Å². The van der Waals surface area contributed by atoms with Gasteiger partial charge in [-0.25, -0.2) is 4.79 Å². The van der Waals surface area contributed by atoms with E-state index in [0.29, 0.717) is 24.8 Å². The van der Waals surface area contributed by atoms with Crippen molar-refractivity contribution in [2.24, 2.45) is 17.3 Å². The average molecular weight is 338 g/mol. The number of amides is 3. The number of hydrogen-bond donors (Lipinski definition) is 3. The molecule has 3 N–H and O–H groups in total. The molecule has 134 valence electrons. The Morgan fingerprint density at radius 1 is 1.17 bits per heavy atom. The molecule has 7 heteroatoms. The third-order valence-corrected chi connectivity index (χ3v) is 5.59. The largest absolute Gasteiger partial charge is 0.455 e. The van der Waals surface area contributed by atoms with Crippen LogP contribution in [0.3, 0.4) is 0 Å². The quantitative estimate of drug-likeness (QED) is 0.651. The molecular formula is C17H26N2O5. The van der Waals surface area contributed by atoms with E-state index >= 15 is 0 Å². The van der Waals surface area contributed by atoms with Crippen LogP contribution in [0.5, 0.6) is 0 Å². The number of urea groups is 1. The zero-order valence-corrected chi connectivity index (χ0v) is 14.1. The SMILES string of the molecule is CCCNC(=O)NC(=O)COC(=O)C12C[C@@H]3C[C@@H](CC(O)(C3)C1)C2. The third kappa shape index (κ3) is 3.41. The van der Waals surface area contributed by atoms with Crippen LogP contribution in [0.15, 0.2) is 0 Å². The fourth-order valence-electron chi connectivity index (χ4n) is 5.18. The van der Waals surface area contributed by atoms with Crippen LogP contribution in [-0.4, -0.2) is 41.8 Å². The van der Waals surface area contributed by atoms with E-state index in [2.05, 4.69) is 10.6 Å². The van der Waals surface area contributed by atoms with Crippen molar-refractivity contribution in [3.05, 3.63) is 0 Å². The molecule has 4 aliphatic rings. The number of carbonyl (C=O) groups is 3. The third-order valence-electron chi connectivity index (χ3n) is 5.59. The number of carbonyl (C=O) groups excluding carboxylic acids is 3. The van der Waals surface area contributed by atoms with Gasteiger partial charge in [0.1, 0.15) is 0 Å². The number of hydrogen-bond acceptors (Lipinski definition) is 5. The van der Waals surface area contributed by atoms with Crippen molar-refractivity contribution in [2.75, 3.05) is 13.2 Å². The van der Waals surface area contributed by atoms with Gasteiger partial charge in [-0.1, -0.05) is 6.92 Å². The molecule has 4 atom stereocenters. The number of imide groups is 1. The second kappa shape index (κ2) is 6.35. The first-order valence-corrected chi connectivity index (χ1v) is 8.81. The lowest BCUT2D eigenvalue weighted by Crippen LogP contribution is -2.58. The maximum Gasteiger partial charge on any atom is 0.321 e. The first-order chi connectivity index (χ1) is 11.3. The topological polar surface area (TPSA) is 105 Å². The fourth-order valence-corrected chi connectivity index (χ4v) is 5.18. The highest BCUT2D eigenvalue weighted by atomic mass is 16.5. The van der Waals surface area contributed by atoms with Crippen LogP contribution in [0.1, 0.15) is 51.9 Å². The van der Waals surface area contributed by atoms with Crippen molar-refractivity contribution in [1.29, 1.82) is 0 Å². The number of aliphatic hydroxyl groups is 1. The molecule has 0 heterocycles. The Morgan fingerprint density at radius 2 is 1.83 bits per heavy atom. The van der Waals surface area contributed by atoms with Gasteiger partial charge in [-0.3, -0.25) is 14.9 Å². The Labute approximate surface area is 141 Å². The predicted molar refractivity (Wildman–Crippen MR) is 84.9 cm³/mol. The summed E-state index contributed by atoms with van der Waals surface area (Å²) < 4.78 is 5.20. The van der Waals surface area contributed by atoms with E-state index in [9.17, 15) is 19.5 Å². The number of ether oxygens (including phenoxy) is 1. The van der Waals surface area contributed by atoms with E-state index < -0.39 is 35.5 Å². The molecule has 0 spiro atoms. The molecule has 3 amide bonds. The minimum Gasteiger partial charge on any atom is -0.455 e. The molecule has 4 aliphatic carbocycles. The Bertz CT molecular complexity index is 533. The van der Waals surface area contributed by atoms with Crippen LogP contribution >= 0.6 is 0 Å². The molecule has 0 radical (unpaired) electrons. The van der Waals surface area contributed by atoms with Crippen LogP contribution in [0, 0.1) is 17.3 Å². The van der Waals surface area contributed by atoms with Gasteiger partial charge in [0.25, 0.3) is 5.91 Å². The van der Waals surface area contributed by atoms with Crippen LogP contribution in [0.25, 0.3) is 0 Å². The summed E-state index contributed by atoms with van der Waals surface area (Å²) >= 11 is 0. The van der Waals surface area contributed by atoms with Crippen LogP contribution in [0.2, 0.25) is 0 Å². The maximum atomic E-state index is 12.6. The van der Waals surface area contributed by atoms with Crippen molar-refractivity contribution < 1.29 is 24.2 Å². The fraction of sp³-hybridized carbons (Fsp3) is 0.824. The molecule has 0 aromatic heterocycles. The normalized spacial score (nSPS) is 36.2. The molecule has 4 saturated carbocycles. The summed E-state index contributed by atoms with van der Waals surface area (Å²) in [5.74, 6) is -0.297. The number of nitrogens with one attached hydrogen (secondary N) is 2. The Balaban J connectivity index is 1.52. The number of esters is 1. The molecule has 0 aromatic rings. The molecule has 4 bridgehead atoms. The molecule has 0 aromatic carbocycles. The van der Waals surface area contributed by atoms with Gasteiger partial charge < -0.3 is 15.2 Å². The average Bonchev–Trinajstić information content (AvgIpc) is 2.48. The molecule has 7 nitrogen and oxygen atoms in total. The molecular weight excluding hydrogens is 312 g/mol. The molecule has 0 saturated heterocycles. The highest BCUT2D eigenvalue weighted by molar-refractivity contribution is 5.95. The van der Waals surface area contributed by atoms with E-state index in [0.717, 1.165) is 38.5 Å². The zero-order chi connectivity index (χ0) is 17.4. The van der Waals surface area contributed by atoms with Gasteiger partial charge in [0.05, 0.1) is 11.0 Å². The summed E-state index contributed by atoms with van der Waals surface area (Å²) in [7, 11) is 0. The lowest BCUT2D eigenvalue weighted by Gasteiger charge is -2.58. The van der Waals surface area contributed by atoms with Crippen LogP contribution < -0.4 is 10.6 Å². The molecule has 2 unspecified atom stereocenters. The van der Waals surface area contributed by atoms with Crippen molar-refractivity contribution >= 4 is 17.9 Å². The van der Waals surface area contributed by atoms with Gasteiger partial charge in [-0.05, 0) is 56.8 Å². The highest BCUT2D eigenvalue weighted by Crippen LogP contribution is 2.61. The van der Waals surface area contributed by atoms with Crippen molar-refractivity contribution in [3.63, 3.8) is 0 Å². The highest BCUT2D eigenvalue weighted by Gasteiger charge is 2.60. The maximum absolute atomic E-state index is 12.6. The van der Waals surface area contributed by atoms with Crippen LogP contribution in [0.4, 0.5) is 4.79 Å².